The zero-order valence-electron chi connectivity index (χ0n) is 23.4. The number of fused-ring (bicyclic) bond motifs is 4. The highest BCUT2D eigenvalue weighted by Crippen LogP contribution is 2.63. The van der Waals surface area contributed by atoms with Crippen LogP contribution >= 0.6 is 0 Å². The lowest BCUT2D eigenvalue weighted by Gasteiger charge is -2.48. The second kappa shape index (κ2) is 9.88. The van der Waals surface area contributed by atoms with Gasteiger partial charge < -0.3 is 29.5 Å². The Morgan fingerprint density at radius 3 is 2.56 bits per heavy atom. The van der Waals surface area contributed by atoms with Crippen LogP contribution in [0.5, 0.6) is 0 Å². The van der Waals surface area contributed by atoms with Crippen LogP contribution in [0.1, 0.15) is 43.2 Å². The van der Waals surface area contributed by atoms with E-state index in [9.17, 15) is 19.5 Å². The average Bonchev–Trinajstić information content (AvgIpc) is 3.90. The van der Waals surface area contributed by atoms with Crippen LogP contribution in [-0.4, -0.2) is 96.3 Å². The molecule has 0 aromatic heterocycles. The minimum Gasteiger partial charge on any atom is -0.458 e. The molecule has 3 aliphatic heterocycles. The number of hydrogen-bond donors (Lipinski definition) is 2. The summed E-state index contributed by atoms with van der Waals surface area (Å²) < 4.78 is 19.6. The highest BCUT2D eigenvalue weighted by atomic mass is 16.8. The van der Waals surface area contributed by atoms with E-state index in [1.54, 1.807) is 25.2 Å². The van der Waals surface area contributed by atoms with Gasteiger partial charge in [-0.3, -0.25) is 19.2 Å². The summed E-state index contributed by atoms with van der Waals surface area (Å²) in [5.74, 6) is -1.09. The Labute approximate surface area is 238 Å². The maximum atomic E-state index is 13.9. The number of nitrogens with one attached hydrogen (secondary N) is 1. The first kappa shape index (κ1) is 27.0. The fraction of sp³-hybridized carbons (Fsp3) is 0.633. The summed E-state index contributed by atoms with van der Waals surface area (Å²) in [6, 6.07) is 6.61. The van der Waals surface area contributed by atoms with Crippen molar-refractivity contribution in [3.63, 3.8) is 0 Å². The lowest BCUT2D eigenvalue weighted by molar-refractivity contribution is -0.235. The van der Waals surface area contributed by atoms with Crippen LogP contribution in [0.15, 0.2) is 30.3 Å². The maximum absolute atomic E-state index is 13.9. The Morgan fingerprint density at radius 1 is 1.15 bits per heavy atom. The van der Waals surface area contributed by atoms with Gasteiger partial charge in [0.2, 0.25) is 11.8 Å². The summed E-state index contributed by atoms with van der Waals surface area (Å²) in [4.78, 5) is 47.7. The van der Waals surface area contributed by atoms with Crippen LogP contribution in [0.2, 0.25) is 0 Å². The van der Waals surface area contributed by atoms with Crippen molar-refractivity contribution in [1.82, 2.24) is 15.3 Å². The Bertz CT molecular complexity index is 1260. The van der Waals surface area contributed by atoms with Gasteiger partial charge in [-0.25, -0.2) is 0 Å². The van der Waals surface area contributed by atoms with Gasteiger partial charge in [0.1, 0.15) is 29.8 Å². The molecule has 7 rings (SSSR count). The van der Waals surface area contributed by atoms with Gasteiger partial charge in [0.25, 0.3) is 0 Å². The number of esters is 1. The molecule has 0 unspecified atom stereocenters. The second-order valence-corrected chi connectivity index (χ2v) is 12.4. The number of carbonyl (C=O) groups excluding carboxylic acids is 3. The standard InChI is InChI=1S/C30H37N3O8/c1-32(2)22(35)11-6-17-4-3-5-18(14-17)16-33-25-27(36)38-21-15-29(25,28(37)31-12-13-34)26(41-33)24-23(21)39-30(40-24,19-7-8-19)20-9-10-20/h3-6,11,14,19-21,23-26,34H,7-10,12-13,15-16H2,1-2H3,(H,31,37)/t21-,23-,24-,25-,26+,29-/m0/s1. The first-order chi connectivity index (χ1) is 19.8. The monoisotopic (exact) mass is 567 g/mol. The Hall–Kier alpha value is -2.83. The molecule has 6 fully saturated rings. The van der Waals surface area contributed by atoms with Crippen molar-refractivity contribution >= 4 is 23.9 Å². The van der Waals surface area contributed by atoms with Crippen molar-refractivity contribution in [2.24, 2.45) is 17.3 Å². The fourth-order valence-corrected chi connectivity index (χ4v) is 7.29. The fourth-order valence-electron chi connectivity index (χ4n) is 7.29. The number of hydroxylamine groups is 2. The molecule has 0 radical (unpaired) electrons. The minimum atomic E-state index is -1.25. The van der Waals surface area contributed by atoms with Crippen molar-refractivity contribution in [2.45, 2.75) is 74.9 Å². The number of carbonyl (C=O) groups is 3. The molecule has 3 saturated carbocycles. The molecule has 2 bridgehead atoms. The SMILES string of the molecule is CN(C)C(=O)C=Cc1cccc(CN2O[C@@H]3[C@H]4OC(C5CC5)(C5CC5)O[C@H]4[C@@H]4C[C@]3(C(=O)NCCO)[C@@H]2C(=O)O4)c1. The molecule has 0 spiro atoms. The van der Waals surface area contributed by atoms with Gasteiger partial charge in [0, 0.05) is 45.0 Å². The molecule has 2 N–H and O–H groups in total. The number of likely N-dealkylation sites (N-methyl/N-ethyl adjacent to an activating group) is 1. The lowest BCUT2D eigenvalue weighted by Crippen LogP contribution is -2.69. The first-order valence-electron chi connectivity index (χ1n) is 14.6. The molecular formula is C30H37N3O8. The van der Waals surface area contributed by atoms with Gasteiger partial charge in [-0.15, -0.1) is 0 Å². The third-order valence-electron chi connectivity index (χ3n) is 9.45. The maximum Gasteiger partial charge on any atom is 0.327 e. The molecule has 3 heterocycles. The van der Waals surface area contributed by atoms with E-state index in [1.165, 1.54) is 11.0 Å². The average molecular weight is 568 g/mol. The van der Waals surface area contributed by atoms with Crippen LogP contribution in [-0.2, 0) is 40.0 Å². The van der Waals surface area contributed by atoms with Gasteiger partial charge in [-0.05, 0) is 42.9 Å². The van der Waals surface area contributed by atoms with Gasteiger partial charge in [0.15, 0.2) is 11.8 Å². The third-order valence-corrected chi connectivity index (χ3v) is 9.45. The van der Waals surface area contributed by atoms with E-state index in [4.69, 9.17) is 19.0 Å². The zero-order valence-corrected chi connectivity index (χ0v) is 23.4. The van der Waals surface area contributed by atoms with Crippen LogP contribution < -0.4 is 5.32 Å². The van der Waals surface area contributed by atoms with E-state index in [0.29, 0.717) is 11.8 Å². The van der Waals surface area contributed by atoms with Crippen LogP contribution in [0, 0.1) is 17.3 Å². The smallest absolute Gasteiger partial charge is 0.327 e. The summed E-state index contributed by atoms with van der Waals surface area (Å²) in [5.41, 5.74) is 0.412. The lowest BCUT2D eigenvalue weighted by atomic mass is 9.62. The summed E-state index contributed by atoms with van der Waals surface area (Å²) in [6.45, 7) is 0.0671. The number of ether oxygens (including phenoxy) is 3. The molecule has 2 amide bonds. The first-order valence-corrected chi connectivity index (χ1v) is 14.6. The van der Waals surface area contributed by atoms with E-state index >= 15 is 0 Å². The largest absolute Gasteiger partial charge is 0.458 e. The highest BCUT2D eigenvalue weighted by Gasteiger charge is 2.78. The molecule has 3 aliphatic carbocycles. The highest BCUT2D eigenvalue weighted by molar-refractivity contribution is 5.93. The molecule has 220 valence electrons. The number of aliphatic hydroxyl groups excluding tert-OH is 1. The Morgan fingerprint density at radius 2 is 1.88 bits per heavy atom. The van der Waals surface area contributed by atoms with Gasteiger partial charge in [-0.1, -0.05) is 24.3 Å². The van der Waals surface area contributed by atoms with Gasteiger partial charge in [0.05, 0.1) is 13.2 Å². The topological polar surface area (TPSA) is 127 Å². The number of amides is 2. The van der Waals surface area contributed by atoms with Crippen molar-refractivity contribution in [3.05, 3.63) is 41.5 Å². The molecule has 6 atom stereocenters. The van der Waals surface area contributed by atoms with E-state index in [2.05, 4.69) is 5.32 Å². The molecule has 1 aromatic carbocycles. The Balaban J connectivity index is 1.22. The van der Waals surface area contributed by atoms with Crippen LogP contribution in [0.4, 0.5) is 0 Å². The van der Waals surface area contributed by atoms with Gasteiger partial charge in [-0.2, -0.15) is 5.06 Å². The minimum absolute atomic E-state index is 0.0688. The zero-order chi connectivity index (χ0) is 28.5. The molecule has 6 aliphatic rings. The third kappa shape index (κ3) is 4.32. The molecule has 41 heavy (non-hydrogen) atoms. The van der Waals surface area contributed by atoms with Crippen molar-refractivity contribution in [3.8, 4) is 0 Å². The normalized spacial score (nSPS) is 35.3. The number of aliphatic hydroxyl groups is 1. The predicted molar refractivity (Wildman–Crippen MR) is 143 cm³/mol. The Kier molecular flexibility index (Phi) is 6.51. The number of nitrogens with zero attached hydrogens (tertiary/aromatic N) is 2. The van der Waals surface area contributed by atoms with Crippen molar-refractivity contribution in [2.75, 3.05) is 27.2 Å². The summed E-state index contributed by atoms with van der Waals surface area (Å²) in [5, 5.41) is 13.8. The summed E-state index contributed by atoms with van der Waals surface area (Å²) in [6.07, 6.45) is 5.20. The molecule has 11 heteroatoms. The molecule has 1 aromatic rings. The summed E-state index contributed by atoms with van der Waals surface area (Å²) >= 11 is 0. The van der Waals surface area contributed by atoms with Crippen molar-refractivity contribution in [1.29, 1.82) is 0 Å². The van der Waals surface area contributed by atoms with E-state index in [0.717, 1.165) is 36.8 Å². The molecular weight excluding hydrogens is 530 g/mol. The number of benzene rings is 1. The number of rotatable bonds is 9. The van der Waals surface area contributed by atoms with Crippen molar-refractivity contribution < 1.29 is 38.5 Å². The quantitative estimate of drug-likeness (QED) is 0.332. The van der Waals surface area contributed by atoms with E-state index < -0.39 is 47.6 Å². The van der Waals surface area contributed by atoms with E-state index in [-0.39, 0.29) is 37.9 Å². The predicted octanol–water partition coefficient (Wildman–Crippen LogP) is 0.997. The molecule has 3 saturated heterocycles. The number of hydrogen-bond acceptors (Lipinski definition) is 9. The summed E-state index contributed by atoms with van der Waals surface area (Å²) in [7, 11) is 3.38. The van der Waals surface area contributed by atoms with Crippen LogP contribution in [0.25, 0.3) is 6.08 Å². The van der Waals surface area contributed by atoms with E-state index in [1.807, 2.05) is 24.3 Å². The van der Waals surface area contributed by atoms with Gasteiger partial charge >= 0.3 is 5.97 Å². The van der Waals surface area contributed by atoms with Crippen LogP contribution in [0.3, 0.4) is 0 Å². The second-order valence-electron chi connectivity index (χ2n) is 12.4. The molecule has 11 nitrogen and oxygen atoms in total.